The van der Waals surface area contributed by atoms with Gasteiger partial charge in [0, 0.05) is 10.5 Å². The summed E-state index contributed by atoms with van der Waals surface area (Å²) < 4.78 is 0. The summed E-state index contributed by atoms with van der Waals surface area (Å²) >= 11 is 2.03. The van der Waals surface area contributed by atoms with Gasteiger partial charge in [-0.1, -0.05) is 40.7 Å². The third kappa shape index (κ3) is 4.20. The summed E-state index contributed by atoms with van der Waals surface area (Å²) in [4.78, 5) is 0. The molecule has 0 saturated carbocycles. The van der Waals surface area contributed by atoms with E-state index in [1.165, 1.54) is 6.42 Å². The number of rotatable bonds is 4. The Morgan fingerprint density at radius 2 is 1.92 bits per heavy atom. The van der Waals surface area contributed by atoms with Crippen molar-refractivity contribution >= 4 is 11.8 Å². The molecule has 12 heavy (non-hydrogen) atoms. The van der Waals surface area contributed by atoms with Crippen LogP contribution in [0, 0.1) is 5.41 Å². The molecular weight excluding hydrogens is 164 g/mol. The van der Waals surface area contributed by atoms with E-state index >= 15 is 0 Å². The van der Waals surface area contributed by atoms with Crippen molar-refractivity contribution in [2.75, 3.05) is 0 Å². The van der Waals surface area contributed by atoms with Crippen LogP contribution in [0.25, 0.3) is 0 Å². The zero-order chi connectivity index (χ0) is 9.78. The van der Waals surface area contributed by atoms with Crippen molar-refractivity contribution in [2.24, 2.45) is 5.41 Å². The number of thioether (sulfide) groups is 1. The molecule has 0 aliphatic heterocycles. The maximum Gasteiger partial charge on any atom is 0.0224 e. The summed E-state index contributed by atoms with van der Waals surface area (Å²) in [5, 5.41) is 1.32. The van der Waals surface area contributed by atoms with Gasteiger partial charge in [-0.25, -0.2) is 0 Å². The first-order valence-electron chi connectivity index (χ1n) is 4.69. The van der Waals surface area contributed by atoms with Crippen molar-refractivity contribution in [1.29, 1.82) is 0 Å². The third-order valence-electron chi connectivity index (χ3n) is 2.26. The molecule has 1 heteroatoms. The van der Waals surface area contributed by atoms with Crippen molar-refractivity contribution in [2.45, 2.75) is 51.5 Å². The zero-order valence-corrected chi connectivity index (χ0v) is 9.87. The van der Waals surface area contributed by atoms with Gasteiger partial charge in [-0.05, 0) is 11.8 Å². The highest BCUT2D eigenvalue weighted by atomic mass is 32.2. The molecule has 0 aliphatic carbocycles. The quantitative estimate of drug-likeness (QED) is 0.595. The first-order chi connectivity index (χ1) is 5.41. The van der Waals surface area contributed by atoms with Crippen molar-refractivity contribution in [3.05, 3.63) is 12.7 Å². The van der Waals surface area contributed by atoms with Crippen LogP contribution in [0.5, 0.6) is 0 Å². The van der Waals surface area contributed by atoms with E-state index in [0.717, 1.165) is 0 Å². The molecule has 0 amide bonds. The minimum Gasteiger partial charge on any atom is -0.151 e. The van der Waals surface area contributed by atoms with E-state index in [0.29, 0.717) is 15.9 Å². The summed E-state index contributed by atoms with van der Waals surface area (Å²) in [5.41, 5.74) is 0.404. The second-order valence-corrected chi connectivity index (χ2v) is 5.91. The monoisotopic (exact) mass is 186 g/mol. The fourth-order valence-electron chi connectivity index (χ4n) is 0.785. The Morgan fingerprint density at radius 3 is 2.17 bits per heavy atom. The summed E-state index contributed by atoms with van der Waals surface area (Å²) in [6.07, 6.45) is 3.25. The lowest BCUT2D eigenvalue weighted by molar-refractivity contribution is 0.410. The first kappa shape index (κ1) is 12.1. The van der Waals surface area contributed by atoms with Crippen LogP contribution in [0.3, 0.4) is 0 Å². The van der Waals surface area contributed by atoms with Crippen molar-refractivity contribution < 1.29 is 0 Å². The van der Waals surface area contributed by atoms with Gasteiger partial charge in [0.2, 0.25) is 0 Å². The molecule has 0 fully saturated rings. The lowest BCUT2D eigenvalue weighted by Crippen LogP contribution is -2.21. The van der Waals surface area contributed by atoms with E-state index in [1.54, 1.807) is 0 Å². The molecule has 0 bridgehead atoms. The second-order valence-electron chi connectivity index (χ2n) is 4.33. The van der Waals surface area contributed by atoms with Gasteiger partial charge in [0.25, 0.3) is 0 Å². The van der Waals surface area contributed by atoms with Crippen LogP contribution in [0.4, 0.5) is 0 Å². The lowest BCUT2D eigenvalue weighted by atomic mass is 9.93. The molecule has 0 aromatic rings. The minimum atomic E-state index is 0.404. The minimum absolute atomic E-state index is 0.404. The van der Waals surface area contributed by atoms with Crippen LogP contribution >= 0.6 is 11.8 Å². The third-order valence-corrected chi connectivity index (χ3v) is 4.25. The van der Waals surface area contributed by atoms with E-state index < -0.39 is 0 Å². The smallest absolute Gasteiger partial charge is 0.0224 e. The normalized spacial score (nSPS) is 17.1. The summed E-state index contributed by atoms with van der Waals surface area (Å²) in [6, 6.07) is 0. The predicted molar refractivity (Wildman–Crippen MR) is 60.8 cm³/mol. The molecule has 0 saturated heterocycles. The maximum absolute atomic E-state index is 3.85. The Balaban J connectivity index is 3.98. The van der Waals surface area contributed by atoms with Gasteiger partial charge in [0.05, 0.1) is 0 Å². The first-order valence-corrected chi connectivity index (χ1v) is 5.64. The molecule has 0 spiro atoms. The second kappa shape index (κ2) is 4.96. The standard InChI is InChI=1S/C11H22S/c1-7-10(8-2)12-9(3)11(4,5)6/h7,9-10H,1,8H2,2-6H3. The van der Waals surface area contributed by atoms with Crippen molar-refractivity contribution in [1.82, 2.24) is 0 Å². The summed E-state index contributed by atoms with van der Waals surface area (Å²) in [5.74, 6) is 0. The molecular formula is C11H22S. The molecule has 0 N–H and O–H groups in total. The molecule has 72 valence electrons. The molecule has 0 rings (SSSR count). The number of hydrogen-bond acceptors (Lipinski definition) is 1. The highest BCUT2D eigenvalue weighted by molar-refractivity contribution is 8.00. The molecule has 0 heterocycles. The fourth-order valence-corrected chi connectivity index (χ4v) is 2.02. The topological polar surface area (TPSA) is 0 Å². The molecule has 2 atom stereocenters. The van der Waals surface area contributed by atoms with E-state index in [-0.39, 0.29) is 0 Å². The molecule has 0 aliphatic rings. The molecule has 2 unspecified atom stereocenters. The predicted octanol–water partition coefficient (Wildman–Crippen LogP) is 4.12. The molecule has 0 radical (unpaired) electrons. The van der Waals surface area contributed by atoms with Crippen molar-refractivity contribution in [3.63, 3.8) is 0 Å². The van der Waals surface area contributed by atoms with Gasteiger partial charge >= 0.3 is 0 Å². The Bertz CT molecular complexity index is 132. The van der Waals surface area contributed by atoms with Crippen LogP contribution in [0.1, 0.15) is 41.0 Å². The largest absolute Gasteiger partial charge is 0.151 e. The maximum atomic E-state index is 3.85. The van der Waals surface area contributed by atoms with Gasteiger partial charge in [0.1, 0.15) is 0 Å². The molecule has 0 aromatic carbocycles. The van der Waals surface area contributed by atoms with Crippen LogP contribution in [0.2, 0.25) is 0 Å². The Labute approximate surface area is 81.8 Å². The van der Waals surface area contributed by atoms with Crippen molar-refractivity contribution in [3.8, 4) is 0 Å². The fraction of sp³-hybridized carbons (Fsp3) is 0.818. The van der Waals surface area contributed by atoms with Crippen LogP contribution < -0.4 is 0 Å². The average molecular weight is 186 g/mol. The van der Waals surface area contributed by atoms with Gasteiger partial charge in [-0.15, -0.1) is 6.58 Å². The Kier molecular flexibility index (Phi) is 5.00. The zero-order valence-electron chi connectivity index (χ0n) is 9.05. The van der Waals surface area contributed by atoms with Crippen LogP contribution in [-0.4, -0.2) is 10.5 Å². The highest BCUT2D eigenvalue weighted by Crippen LogP contribution is 2.33. The number of hydrogen-bond donors (Lipinski definition) is 0. The lowest BCUT2D eigenvalue weighted by Gasteiger charge is -2.28. The molecule has 0 aromatic heterocycles. The van der Waals surface area contributed by atoms with Crippen LogP contribution in [0.15, 0.2) is 12.7 Å². The molecule has 0 nitrogen and oxygen atoms in total. The van der Waals surface area contributed by atoms with Gasteiger partial charge in [-0.3, -0.25) is 0 Å². The van der Waals surface area contributed by atoms with E-state index in [4.69, 9.17) is 0 Å². The van der Waals surface area contributed by atoms with Gasteiger partial charge < -0.3 is 0 Å². The Morgan fingerprint density at radius 1 is 1.42 bits per heavy atom. The van der Waals surface area contributed by atoms with Crippen LogP contribution in [-0.2, 0) is 0 Å². The van der Waals surface area contributed by atoms with E-state index in [1.807, 2.05) is 11.8 Å². The van der Waals surface area contributed by atoms with Gasteiger partial charge in [-0.2, -0.15) is 11.8 Å². The average Bonchev–Trinajstić information content (AvgIpc) is 1.97. The van der Waals surface area contributed by atoms with E-state index in [2.05, 4.69) is 47.3 Å². The SMILES string of the molecule is C=CC(CC)SC(C)C(C)(C)C. The van der Waals surface area contributed by atoms with Gasteiger partial charge in [0.15, 0.2) is 0 Å². The highest BCUT2D eigenvalue weighted by Gasteiger charge is 2.22. The van der Waals surface area contributed by atoms with E-state index in [9.17, 15) is 0 Å². The summed E-state index contributed by atoms with van der Waals surface area (Å²) in [7, 11) is 0. The summed E-state index contributed by atoms with van der Waals surface area (Å²) in [6.45, 7) is 15.2. The Hall–Kier alpha value is 0.0900.